The summed E-state index contributed by atoms with van der Waals surface area (Å²) >= 11 is 1.41. The highest BCUT2D eigenvalue weighted by atomic mass is 32.1. The first kappa shape index (κ1) is 19.1. The summed E-state index contributed by atoms with van der Waals surface area (Å²) in [5.74, 6) is -1.91. The van der Waals surface area contributed by atoms with Gasteiger partial charge in [-0.15, -0.1) is 11.3 Å². The number of carbonyl (C=O) groups excluding carboxylic acids is 2. The van der Waals surface area contributed by atoms with Crippen LogP contribution in [0.2, 0.25) is 0 Å². The molecule has 0 fully saturated rings. The molecule has 0 saturated carbocycles. The number of aromatic nitrogens is 2. The molecule has 0 spiro atoms. The van der Waals surface area contributed by atoms with Crippen molar-refractivity contribution in [3.63, 3.8) is 0 Å². The summed E-state index contributed by atoms with van der Waals surface area (Å²) < 4.78 is 6.61. The van der Waals surface area contributed by atoms with Crippen LogP contribution in [0.1, 0.15) is 57.8 Å². The largest absolute Gasteiger partial charge is 0.478 e. The number of carboxylic acid groups (broad SMARTS) is 1. The van der Waals surface area contributed by atoms with Gasteiger partial charge >= 0.3 is 11.9 Å². The Labute approximate surface area is 160 Å². The summed E-state index contributed by atoms with van der Waals surface area (Å²) in [7, 11) is 0. The van der Waals surface area contributed by atoms with E-state index in [1.54, 1.807) is 13.8 Å². The van der Waals surface area contributed by atoms with Gasteiger partial charge in [0.25, 0.3) is 0 Å². The number of esters is 1. The van der Waals surface area contributed by atoms with Crippen LogP contribution in [0, 0.1) is 0 Å². The van der Waals surface area contributed by atoms with Gasteiger partial charge in [0.15, 0.2) is 0 Å². The lowest BCUT2D eigenvalue weighted by Gasteiger charge is -2.14. The van der Waals surface area contributed by atoms with Crippen LogP contribution in [0.3, 0.4) is 0 Å². The van der Waals surface area contributed by atoms with Gasteiger partial charge in [-0.3, -0.25) is 9.48 Å². The van der Waals surface area contributed by atoms with E-state index in [1.165, 1.54) is 28.4 Å². The molecule has 9 heteroatoms. The fourth-order valence-electron chi connectivity index (χ4n) is 3.02. The van der Waals surface area contributed by atoms with Crippen molar-refractivity contribution in [2.24, 2.45) is 0 Å². The standard InChI is InChI=1S/C18H21N3O5S/c1-10(2)26-18(25)15-12-5-3-4-6-13(12)27-16(15)20-14(22)9-21-8-11(7-19-21)17(23)24/h7-8,10H,3-6,9H2,1-2H3,(H,20,22)(H,23,24). The fourth-order valence-corrected chi connectivity index (χ4v) is 4.31. The summed E-state index contributed by atoms with van der Waals surface area (Å²) in [6.07, 6.45) is 5.97. The molecule has 0 aliphatic heterocycles. The molecule has 0 radical (unpaired) electrons. The first-order valence-electron chi connectivity index (χ1n) is 8.76. The zero-order chi connectivity index (χ0) is 19.6. The summed E-state index contributed by atoms with van der Waals surface area (Å²) in [6, 6.07) is 0. The maximum absolute atomic E-state index is 12.6. The van der Waals surface area contributed by atoms with Crippen LogP contribution in [0.15, 0.2) is 12.4 Å². The second-order valence-electron chi connectivity index (χ2n) is 6.65. The average molecular weight is 391 g/mol. The highest BCUT2D eigenvalue weighted by Crippen LogP contribution is 2.38. The Kier molecular flexibility index (Phi) is 5.59. The zero-order valence-corrected chi connectivity index (χ0v) is 16.0. The van der Waals surface area contributed by atoms with E-state index in [0.29, 0.717) is 10.6 Å². The number of rotatable bonds is 6. The number of hydrogen-bond donors (Lipinski definition) is 2. The molecule has 2 aromatic heterocycles. The van der Waals surface area contributed by atoms with Crippen LogP contribution in [-0.4, -0.2) is 38.8 Å². The molecule has 1 aliphatic carbocycles. The minimum absolute atomic E-state index is 0.00980. The molecule has 2 aromatic rings. The molecular weight excluding hydrogens is 370 g/mol. The van der Waals surface area contributed by atoms with E-state index in [0.717, 1.165) is 36.1 Å². The van der Waals surface area contributed by atoms with Crippen molar-refractivity contribution in [1.29, 1.82) is 0 Å². The van der Waals surface area contributed by atoms with E-state index in [1.807, 2.05) is 0 Å². The second-order valence-corrected chi connectivity index (χ2v) is 7.75. The number of fused-ring (bicyclic) bond motifs is 1. The number of thiophene rings is 1. The molecule has 2 N–H and O–H groups in total. The minimum Gasteiger partial charge on any atom is -0.478 e. The summed E-state index contributed by atoms with van der Waals surface area (Å²) in [5, 5.41) is 16.1. The molecule has 0 atom stereocenters. The second kappa shape index (κ2) is 7.91. The highest BCUT2D eigenvalue weighted by molar-refractivity contribution is 7.17. The predicted molar refractivity (Wildman–Crippen MR) is 99.3 cm³/mol. The maximum atomic E-state index is 12.6. The smallest absolute Gasteiger partial charge is 0.341 e. The van der Waals surface area contributed by atoms with Crippen molar-refractivity contribution in [3.05, 3.63) is 34.0 Å². The van der Waals surface area contributed by atoms with Crippen molar-refractivity contribution in [2.75, 3.05) is 5.32 Å². The molecule has 0 aromatic carbocycles. The van der Waals surface area contributed by atoms with Crippen LogP contribution in [-0.2, 0) is 28.9 Å². The van der Waals surface area contributed by atoms with Gasteiger partial charge in [-0.05, 0) is 45.1 Å². The number of aryl methyl sites for hydroxylation is 1. The van der Waals surface area contributed by atoms with Crippen molar-refractivity contribution >= 4 is 34.2 Å². The molecule has 1 aliphatic rings. The predicted octanol–water partition coefficient (Wildman–Crippen LogP) is 2.73. The molecule has 3 rings (SSSR count). The van der Waals surface area contributed by atoms with Crippen LogP contribution < -0.4 is 5.32 Å². The number of carbonyl (C=O) groups is 3. The lowest BCUT2D eigenvalue weighted by molar-refractivity contribution is -0.116. The van der Waals surface area contributed by atoms with Gasteiger partial charge in [-0.25, -0.2) is 9.59 Å². The number of hydrogen-bond acceptors (Lipinski definition) is 6. The normalized spacial score (nSPS) is 13.3. The summed E-state index contributed by atoms with van der Waals surface area (Å²) in [4.78, 5) is 37.0. The van der Waals surface area contributed by atoms with Gasteiger partial charge < -0.3 is 15.2 Å². The van der Waals surface area contributed by atoms with Gasteiger partial charge in [0.2, 0.25) is 5.91 Å². The Bertz CT molecular complexity index is 884. The number of nitrogens with one attached hydrogen (secondary N) is 1. The maximum Gasteiger partial charge on any atom is 0.341 e. The molecule has 0 saturated heterocycles. The molecule has 0 bridgehead atoms. The highest BCUT2D eigenvalue weighted by Gasteiger charge is 2.28. The average Bonchev–Trinajstić information content (AvgIpc) is 3.18. The van der Waals surface area contributed by atoms with Crippen LogP contribution in [0.4, 0.5) is 5.00 Å². The number of amides is 1. The lowest BCUT2D eigenvalue weighted by Crippen LogP contribution is -2.21. The fraction of sp³-hybridized carbons (Fsp3) is 0.444. The van der Waals surface area contributed by atoms with Crippen molar-refractivity contribution in [3.8, 4) is 0 Å². The first-order valence-corrected chi connectivity index (χ1v) is 9.58. The molecule has 8 nitrogen and oxygen atoms in total. The molecular formula is C18H21N3O5S. The molecule has 1 amide bonds. The van der Waals surface area contributed by atoms with Gasteiger partial charge in [0.1, 0.15) is 11.5 Å². The number of anilines is 1. The van der Waals surface area contributed by atoms with Gasteiger partial charge in [0.05, 0.1) is 23.4 Å². The summed E-state index contributed by atoms with van der Waals surface area (Å²) in [6.45, 7) is 3.42. The Hall–Kier alpha value is -2.68. The molecule has 144 valence electrons. The van der Waals surface area contributed by atoms with Gasteiger partial charge in [-0.1, -0.05) is 0 Å². The number of ether oxygens (including phenoxy) is 1. The van der Waals surface area contributed by atoms with Gasteiger partial charge in [-0.2, -0.15) is 5.10 Å². The van der Waals surface area contributed by atoms with Crippen LogP contribution >= 0.6 is 11.3 Å². The van der Waals surface area contributed by atoms with E-state index in [2.05, 4.69) is 10.4 Å². The lowest BCUT2D eigenvalue weighted by atomic mass is 9.95. The van der Waals surface area contributed by atoms with Crippen LogP contribution in [0.25, 0.3) is 0 Å². The third-order valence-electron chi connectivity index (χ3n) is 4.16. The Morgan fingerprint density at radius 3 is 2.74 bits per heavy atom. The topological polar surface area (TPSA) is 111 Å². The quantitative estimate of drug-likeness (QED) is 0.733. The number of aromatic carboxylic acids is 1. The van der Waals surface area contributed by atoms with Crippen molar-refractivity contribution in [1.82, 2.24) is 9.78 Å². The number of nitrogens with zero attached hydrogens (tertiary/aromatic N) is 2. The van der Waals surface area contributed by atoms with Gasteiger partial charge in [0, 0.05) is 11.1 Å². The molecule has 2 heterocycles. The van der Waals surface area contributed by atoms with E-state index in [4.69, 9.17) is 9.84 Å². The van der Waals surface area contributed by atoms with E-state index >= 15 is 0 Å². The molecule has 27 heavy (non-hydrogen) atoms. The first-order chi connectivity index (χ1) is 12.8. The molecule has 0 unspecified atom stereocenters. The van der Waals surface area contributed by atoms with Crippen LogP contribution in [0.5, 0.6) is 0 Å². The van der Waals surface area contributed by atoms with E-state index < -0.39 is 11.9 Å². The monoisotopic (exact) mass is 391 g/mol. The Morgan fingerprint density at radius 1 is 1.33 bits per heavy atom. The van der Waals surface area contributed by atoms with E-state index in [9.17, 15) is 14.4 Å². The third-order valence-corrected chi connectivity index (χ3v) is 5.36. The SMILES string of the molecule is CC(C)OC(=O)c1c(NC(=O)Cn2cc(C(=O)O)cn2)sc2c1CCCC2. The van der Waals surface area contributed by atoms with E-state index in [-0.39, 0.29) is 24.1 Å². The Balaban J connectivity index is 1.80. The Morgan fingerprint density at radius 2 is 2.07 bits per heavy atom. The van der Waals surface area contributed by atoms with Crippen molar-refractivity contribution < 1.29 is 24.2 Å². The summed E-state index contributed by atoms with van der Waals surface area (Å²) in [5.41, 5.74) is 1.43. The zero-order valence-electron chi connectivity index (χ0n) is 15.2. The third kappa shape index (κ3) is 4.36. The number of carboxylic acids is 1. The minimum atomic E-state index is -1.11. The van der Waals surface area contributed by atoms with Crippen molar-refractivity contribution in [2.45, 2.75) is 52.2 Å².